The van der Waals surface area contributed by atoms with Crippen LogP contribution in [0.15, 0.2) is 24.3 Å². The van der Waals surface area contributed by atoms with E-state index in [2.05, 4.69) is 29.4 Å². The van der Waals surface area contributed by atoms with Crippen molar-refractivity contribution >= 4 is 22.4 Å². The van der Waals surface area contributed by atoms with E-state index < -0.39 is 0 Å². The van der Waals surface area contributed by atoms with Gasteiger partial charge in [0, 0.05) is 11.5 Å². The van der Waals surface area contributed by atoms with Crippen LogP contribution in [0.1, 0.15) is 53.5 Å². The number of nitrogens with zero attached hydrogens (tertiary/aromatic N) is 3. The molecule has 0 aliphatic carbocycles. The van der Waals surface area contributed by atoms with Gasteiger partial charge in [0.2, 0.25) is 5.13 Å². The number of carbonyl (C=O) groups is 1. The molecule has 0 bridgehead atoms. The molecule has 0 fully saturated rings. The minimum Gasteiger partial charge on any atom is -0.296 e. The Morgan fingerprint density at radius 2 is 2.14 bits per heavy atom. The Balaban J connectivity index is 2.11. The molecule has 2 aromatic rings. The van der Waals surface area contributed by atoms with Crippen molar-refractivity contribution in [2.24, 2.45) is 0 Å². The number of nitrogens with one attached hydrogen (secondary N) is 1. The van der Waals surface area contributed by atoms with E-state index in [0.29, 0.717) is 22.2 Å². The van der Waals surface area contributed by atoms with E-state index in [1.54, 1.807) is 24.3 Å². The molecule has 1 aromatic carbocycles. The maximum Gasteiger partial charge on any atom is 0.257 e. The number of rotatable bonds is 5. The van der Waals surface area contributed by atoms with Crippen molar-refractivity contribution in [1.82, 2.24) is 10.2 Å². The zero-order valence-electron chi connectivity index (χ0n) is 12.0. The molecule has 1 N–H and O–H groups in total. The quantitative estimate of drug-likeness (QED) is 0.915. The second-order valence-electron chi connectivity index (χ2n) is 4.61. The third-order valence-corrected chi connectivity index (χ3v) is 4.25. The zero-order chi connectivity index (χ0) is 15.2. The van der Waals surface area contributed by atoms with Crippen LogP contribution in [0, 0.1) is 11.3 Å². The highest BCUT2D eigenvalue weighted by Crippen LogP contribution is 2.28. The van der Waals surface area contributed by atoms with Crippen LogP contribution in [0.2, 0.25) is 0 Å². The molecular formula is C15H16N4OS. The fourth-order valence-corrected chi connectivity index (χ4v) is 2.99. The highest BCUT2D eigenvalue weighted by molar-refractivity contribution is 7.15. The van der Waals surface area contributed by atoms with Crippen LogP contribution in [0.25, 0.3) is 0 Å². The lowest BCUT2D eigenvalue weighted by atomic mass is 10.1. The summed E-state index contributed by atoms with van der Waals surface area (Å²) in [6.45, 7) is 4.22. The van der Waals surface area contributed by atoms with Gasteiger partial charge in [-0.3, -0.25) is 10.1 Å². The Labute approximate surface area is 127 Å². The first kappa shape index (κ1) is 15.1. The second kappa shape index (κ2) is 6.95. The minimum absolute atomic E-state index is 0.278. The molecule has 1 heterocycles. The predicted molar refractivity (Wildman–Crippen MR) is 82.3 cm³/mol. The van der Waals surface area contributed by atoms with Gasteiger partial charge >= 0.3 is 0 Å². The molecule has 5 nitrogen and oxygen atoms in total. The van der Waals surface area contributed by atoms with Gasteiger partial charge in [-0.15, -0.1) is 10.2 Å². The van der Waals surface area contributed by atoms with Crippen LogP contribution in [-0.4, -0.2) is 16.1 Å². The lowest BCUT2D eigenvalue weighted by Crippen LogP contribution is -2.11. The summed E-state index contributed by atoms with van der Waals surface area (Å²) in [4.78, 5) is 12.1. The van der Waals surface area contributed by atoms with Gasteiger partial charge in [0.05, 0.1) is 11.6 Å². The van der Waals surface area contributed by atoms with Crippen molar-refractivity contribution in [2.75, 3.05) is 5.32 Å². The van der Waals surface area contributed by atoms with E-state index in [0.717, 1.165) is 17.8 Å². The Hall–Kier alpha value is -2.26. The summed E-state index contributed by atoms with van der Waals surface area (Å²) >= 11 is 1.40. The molecule has 6 heteroatoms. The molecule has 21 heavy (non-hydrogen) atoms. The first-order valence-corrected chi connectivity index (χ1v) is 7.64. The Bertz CT molecular complexity index is 670. The van der Waals surface area contributed by atoms with E-state index in [9.17, 15) is 4.79 Å². The molecule has 0 saturated heterocycles. The SMILES string of the molecule is CCC(CC)c1nnc(NC(=O)c2cccc(C#N)c2)s1. The molecular weight excluding hydrogens is 284 g/mol. The number of hydrogen-bond acceptors (Lipinski definition) is 5. The fourth-order valence-electron chi connectivity index (χ4n) is 1.99. The Morgan fingerprint density at radius 1 is 1.38 bits per heavy atom. The van der Waals surface area contributed by atoms with Crippen LogP contribution < -0.4 is 5.32 Å². The standard InChI is InChI=1S/C15H16N4OS/c1-3-11(4-2)14-18-19-15(21-14)17-13(20)12-7-5-6-10(8-12)9-16/h5-8,11H,3-4H2,1-2H3,(H,17,19,20). The lowest BCUT2D eigenvalue weighted by molar-refractivity contribution is 0.102. The van der Waals surface area contributed by atoms with Crippen LogP contribution in [0.5, 0.6) is 0 Å². The fraction of sp³-hybridized carbons (Fsp3) is 0.333. The smallest absolute Gasteiger partial charge is 0.257 e. The largest absolute Gasteiger partial charge is 0.296 e. The number of benzene rings is 1. The highest BCUT2D eigenvalue weighted by Gasteiger charge is 2.15. The highest BCUT2D eigenvalue weighted by atomic mass is 32.1. The van der Waals surface area contributed by atoms with Crippen molar-refractivity contribution in [2.45, 2.75) is 32.6 Å². The molecule has 108 valence electrons. The van der Waals surface area contributed by atoms with Crippen molar-refractivity contribution in [3.8, 4) is 6.07 Å². The second-order valence-corrected chi connectivity index (χ2v) is 5.61. The topological polar surface area (TPSA) is 78.7 Å². The summed E-state index contributed by atoms with van der Waals surface area (Å²) in [5.74, 6) is 0.106. The average Bonchev–Trinajstić information content (AvgIpc) is 2.97. The van der Waals surface area contributed by atoms with Crippen molar-refractivity contribution in [3.05, 3.63) is 40.4 Å². The number of carbonyl (C=O) groups excluding carboxylic acids is 1. The van der Waals surface area contributed by atoms with Gasteiger partial charge in [-0.25, -0.2) is 0 Å². The molecule has 0 unspecified atom stereocenters. The van der Waals surface area contributed by atoms with Crippen molar-refractivity contribution in [1.29, 1.82) is 5.26 Å². The van der Waals surface area contributed by atoms with E-state index in [4.69, 9.17) is 5.26 Å². The van der Waals surface area contributed by atoms with E-state index in [1.165, 1.54) is 11.3 Å². The molecule has 2 rings (SSSR count). The molecule has 0 aliphatic heterocycles. The molecule has 0 radical (unpaired) electrons. The Kier molecular flexibility index (Phi) is 5.01. The molecule has 0 saturated carbocycles. The lowest BCUT2D eigenvalue weighted by Gasteiger charge is -2.05. The molecule has 1 aromatic heterocycles. The molecule has 0 aliphatic rings. The molecule has 0 spiro atoms. The van der Waals surface area contributed by atoms with E-state index in [1.807, 2.05) is 6.07 Å². The van der Waals surface area contributed by atoms with Gasteiger partial charge in [0.1, 0.15) is 5.01 Å². The number of hydrogen-bond donors (Lipinski definition) is 1. The first-order chi connectivity index (χ1) is 10.2. The maximum absolute atomic E-state index is 12.1. The number of aromatic nitrogens is 2. The van der Waals surface area contributed by atoms with Crippen LogP contribution >= 0.6 is 11.3 Å². The monoisotopic (exact) mass is 300 g/mol. The van der Waals surface area contributed by atoms with Gasteiger partial charge in [0.15, 0.2) is 0 Å². The van der Waals surface area contributed by atoms with Crippen LogP contribution in [0.4, 0.5) is 5.13 Å². The third kappa shape index (κ3) is 3.64. The summed E-state index contributed by atoms with van der Waals surface area (Å²) < 4.78 is 0. The molecule has 0 atom stereocenters. The van der Waals surface area contributed by atoms with Gasteiger partial charge in [-0.05, 0) is 31.0 Å². The van der Waals surface area contributed by atoms with Gasteiger partial charge in [-0.2, -0.15) is 5.26 Å². The zero-order valence-corrected chi connectivity index (χ0v) is 12.8. The van der Waals surface area contributed by atoms with Crippen molar-refractivity contribution in [3.63, 3.8) is 0 Å². The van der Waals surface area contributed by atoms with Crippen molar-refractivity contribution < 1.29 is 4.79 Å². The van der Waals surface area contributed by atoms with E-state index in [-0.39, 0.29) is 5.91 Å². The van der Waals surface area contributed by atoms with Gasteiger partial charge < -0.3 is 0 Å². The number of anilines is 1. The normalized spacial score (nSPS) is 10.4. The summed E-state index contributed by atoms with van der Waals surface area (Å²) in [7, 11) is 0. The summed E-state index contributed by atoms with van der Waals surface area (Å²) in [5, 5.41) is 21.2. The van der Waals surface area contributed by atoms with E-state index >= 15 is 0 Å². The number of nitriles is 1. The minimum atomic E-state index is -0.278. The maximum atomic E-state index is 12.1. The summed E-state index contributed by atoms with van der Waals surface area (Å²) in [6, 6.07) is 8.58. The predicted octanol–water partition coefficient (Wildman–Crippen LogP) is 3.57. The first-order valence-electron chi connectivity index (χ1n) is 6.82. The third-order valence-electron chi connectivity index (χ3n) is 3.25. The number of amides is 1. The van der Waals surface area contributed by atoms with Gasteiger partial charge in [-0.1, -0.05) is 31.3 Å². The summed E-state index contributed by atoms with van der Waals surface area (Å²) in [5.41, 5.74) is 0.894. The van der Waals surface area contributed by atoms with Crippen LogP contribution in [-0.2, 0) is 0 Å². The Morgan fingerprint density at radius 3 is 2.81 bits per heavy atom. The average molecular weight is 300 g/mol. The molecule has 1 amide bonds. The van der Waals surface area contributed by atoms with Gasteiger partial charge in [0.25, 0.3) is 5.91 Å². The summed E-state index contributed by atoms with van der Waals surface area (Å²) in [6.07, 6.45) is 2.01. The van der Waals surface area contributed by atoms with Crippen LogP contribution in [0.3, 0.4) is 0 Å².